The van der Waals surface area contributed by atoms with E-state index < -0.39 is 0 Å². The molecule has 7 heteroatoms. The number of unbranched alkanes of at least 4 members (excludes halogenated alkanes) is 2. The molecule has 0 saturated heterocycles. The minimum absolute atomic E-state index is 0.0916. The largest absolute Gasteiger partial charge is 0.396 e. The maximum absolute atomic E-state index is 12.1. The predicted molar refractivity (Wildman–Crippen MR) is 76.6 cm³/mol. The molecule has 0 fully saturated rings. The van der Waals surface area contributed by atoms with E-state index in [-0.39, 0.29) is 12.5 Å². The van der Waals surface area contributed by atoms with Crippen molar-refractivity contribution in [1.82, 2.24) is 15.1 Å². The molecule has 0 aliphatic carbocycles. The van der Waals surface area contributed by atoms with Gasteiger partial charge in [0.2, 0.25) is 10.1 Å². The van der Waals surface area contributed by atoms with Crippen LogP contribution in [0.2, 0.25) is 0 Å². The number of aliphatic hydroxyl groups is 1. The van der Waals surface area contributed by atoms with Gasteiger partial charge in [-0.05, 0) is 25.7 Å². The number of carbonyl (C=O) groups excluding carboxylic acids is 1. The molecule has 0 saturated carbocycles. The van der Waals surface area contributed by atoms with E-state index in [0.29, 0.717) is 16.7 Å². The Bertz CT molecular complexity index is 384. The molecule has 0 aliphatic heterocycles. The third kappa shape index (κ3) is 5.52. The molecule has 19 heavy (non-hydrogen) atoms. The number of amides is 1. The zero-order valence-corrected chi connectivity index (χ0v) is 12.4. The Morgan fingerprint density at radius 3 is 2.84 bits per heavy atom. The molecule has 1 amide bonds. The summed E-state index contributed by atoms with van der Waals surface area (Å²) in [6, 6.07) is 0. The molecule has 0 aliphatic rings. The minimum Gasteiger partial charge on any atom is -0.396 e. The van der Waals surface area contributed by atoms with Gasteiger partial charge in [-0.25, -0.2) is 0 Å². The van der Waals surface area contributed by atoms with Crippen molar-refractivity contribution in [2.24, 2.45) is 0 Å². The zero-order valence-electron chi connectivity index (χ0n) is 11.6. The number of nitrogens with one attached hydrogen (secondary N) is 1. The van der Waals surface area contributed by atoms with Crippen LogP contribution < -0.4 is 5.32 Å². The SMILES string of the molecule is CCCNc1nnc(C(=O)N(C)CCCCCO)s1. The van der Waals surface area contributed by atoms with E-state index >= 15 is 0 Å². The Morgan fingerprint density at radius 2 is 2.16 bits per heavy atom. The van der Waals surface area contributed by atoms with Crippen LogP contribution in [-0.2, 0) is 0 Å². The molecule has 108 valence electrons. The first kappa shape index (κ1) is 15.8. The van der Waals surface area contributed by atoms with Gasteiger partial charge in [-0.1, -0.05) is 18.3 Å². The highest BCUT2D eigenvalue weighted by molar-refractivity contribution is 7.17. The summed E-state index contributed by atoms with van der Waals surface area (Å²) in [5.74, 6) is -0.0916. The van der Waals surface area contributed by atoms with Gasteiger partial charge in [0.15, 0.2) is 0 Å². The predicted octanol–water partition coefficient (Wildman–Crippen LogP) is 1.59. The summed E-state index contributed by atoms with van der Waals surface area (Å²) in [6.07, 6.45) is 3.61. The number of hydrogen-bond acceptors (Lipinski definition) is 6. The Balaban J connectivity index is 2.40. The van der Waals surface area contributed by atoms with E-state index in [2.05, 4.69) is 22.4 Å². The summed E-state index contributed by atoms with van der Waals surface area (Å²) < 4.78 is 0. The maximum atomic E-state index is 12.1. The second-order valence-corrected chi connectivity index (χ2v) is 5.33. The monoisotopic (exact) mass is 286 g/mol. The first-order valence-electron chi connectivity index (χ1n) is 6.62. The Kier molecular flexibility index (Phi) is 7.35. The molecule has 1 heterocycles. The highest BCUT2D eigenvalue weighted by Crippen LogP contribution is 2.16. The molecule has 1 aromatic heterocycles. The molecular weight excluding hydrogens is 264 g/mol. The quantitative estimate of drug-likeness (QED) is 0.674. The average molecular weight is 286 g/mol. The number of aliphatic hydroxyl groups excluding tert-OH is 1. The van der Waals surface area contributed by atoms with E-state index in [1.54, 1.807) is 11.9 Å². The van der Waals surface area contributed by atoms with Crippen molar-refractivity contribution in [3.63, 3.8) is 0 Å². The van der Waals surface area contributed by atoms with Crippen molar-refractivity contribution in [2.75, 3.05) is 32.1 Å². The molecule has 0 aromatic carbocycles. The molecule has 0 bridgehead atoms. The standard InChI is InChI=1S/C12H22N4O2S/c1-3-7-13-12-15-14-10(19-12)11(18)16(2)8-5-4-6-9-17/h17H,3-9H2,1-2H3,(H,13,15). The average Bonchev–Trinajstić information content (AvgIpc) is 2.89. The third-order valence-electron chi connectivity index (χ3n) is 2.63. The Hall–Kier alpha value is -1.21. The number of carbonyl (C=O) groups is 1. The molecule has 0 spiro atoms. The van der Waals surface area contributed by atoms with Crippen molar-refractivity contribution in [2.45, 2.75) is 32.6 Å². The van der Waals surface area contributed by atoms with Crippen molar-refractivity contribution in [3.05, 3.63) is 5.01 Å². The van der Waals surface area contributed by atoms with Crippen LogP contribution >= 0.6 is 11.3 Å². The number of hydrogen-bond donors (Lipinski definition) is 2. The van der Waals surface area contributed by atoms with Crippen molar-refractivity contribution < 1.29 is 9.90 Å². The number of nitrogens with zero attached hydrogens (tertiary/aromatic N) is 3. The first-order valence-corrected chi connectivity index (χ1v) is 7.44. The van der Waals surface area contributed by atoms with Crippen LogP contribution in [0.1, 0.15) is 42.4 Å². The van der Waals surface area contributed by atoms with Crippen LogP contribution in [0.3, 0.4) is 0 Å². The molecular formula is C12H22N4O2S. The van der Waals surface area contributed by atoms with Gasteiger partial charge in [0.05, 0.1) is 0 Å². The number of anilines is 1. The highest BCUT2D eigenvalue weighted by atomic mass is 32.1. The molecule has 0 unspecified atom stereocenters. The summed E-state index contributed by atoms with van der Waals surface area (Å²) >= 11 is 1.29. The summed E-state index contributed by atoms with van der Waals surface area (Å²) in [7, 11) is 1.77. The first-order chi connectivity index (χ1) is 9.19. The van der Waals surface area contributed by atoms with Gasteiger partial charge in [-0.2, -0.15) is 0 Å². The third-order valence-corrected chi connectivity index (χ3v) is 3.50. The Morgan fingerprint density at radius 1 is 1.37 bits per heavy atom. The van der Waals surface area contributed by atoms with Crippen LogP contribution in [0.5, 0.6) is 0 Å². The summed E-state index contributed by atoms with van der Waals surface area (Å²) in [4.78, 5) is 13.7. The number of rotatable bonds is 9. The molecule has 2 N–H and O–H groups in total. The topological polar surface area (TPSA) is 78.4 Å². The maximum Gasteiger partial charge on any atom is 0.284 e. The van der Waals surface area contributed by atoms with Gasteiger partial charge in [0.25, 0.3) is 5.91 Å². The van der Waals surface area contributed by atoms with Crippen LogP contribution in [0.25, 0.3) is 0 Å². The molecule has 6 nitrogen and oxygen atoms in total. The van der Waals surface area contributed by atoms with E-state index in [0.717, 1.165) is 32.2 Å². The van der Waals surface area contributed by atoms with E-state index in [9.17, 15) is 4.79 Å². The lowest BCUT2D eigenvalue weighted by Crippen LogP contribution is -2.27. The fourth-order valence-electron chi connectivity index (χ4n) is 1.52. The van der Waals surface area contributed by atoms with Gasteiger partial charge < -0.3 is 15.3 Å². The van der Waals surface area contributed by atoms with Crippen LogP contribution in [0.4, 0.5) is 5.13 Å². The lowest BCUT2D eigenvalue weighted by molar-refractivity contribution is 0.0791. The lowest BCUT2D eigenvalue weighted by Gasteiger charge is -2.14. The fourth-order valence-corrected chi connectivity index (χ4v) is 2.28. The molecule has 1 aromatic rings. The van der Waals surface area contributed by atoms with Gasteiger partial charge >= 0.3 is 0 Å². The number of aromatic nitrogens is 2. The summed E-state index contributed by atoms with van der Waals surface area (Å²) in [6.45, 7) is 3.79. The van der Waals surface area contributed by atoms with Gasteiger partial charge in [-0.3, -0.25) is 4.79 Å². The molecule has 0 atom stereocenters. The van der Waals surface area contributed by atoms with Crippen LogP contribution in [-0.4, -0.2) is 52.9 Å². The van der Waals surface area contributed by atoms with E-state index in [4.69, 9.17) is 5.11 Å². The van der Waals surface area contributed by atoms with Crippen molar-refractivity contribution in [1.29, 1.82) is 0 Å². The summed E-state index contributed by atoms with van der Waals surface area (Å²) in [5, 5.41) is 20.8. The molecule has 1 rings (SSSR count). The van der Waals surface area contributed by atoms with E-state index in [1.165, 1.54) is 11.3 Å². The smallest absolute Gasteiger partial charge is 0.284 e. The minimum atomic E-state index is -0.0916. The summed E-state index contributed by atoms with van der Waals surface area (Å²) in [5.41, 5.74) is 0. The van der Waals surface area contributed by atoms with E-state index in [1.807, 2.05) is 0 Å². The van der Waals surface area contributed by atoms with Gasteiger partial charge in [0.1, 0.15) is 0 Å². The highest BCUT2D eigenvalue weighted by Gasteiger charge is 2.16. The lowest BCUT2D eigenvalue weighted by atomic mass is 10.2. The molecule has 0 radical (unpaired) electrons. The second kappa shape index (κ2) is 8.82. The Labute approximate surface area is 117 Å². The van der Waals surface area contributed by atoms with Crippen molar-refractivity contribution in [3.8, 4) is 0 Å². The van der Waals surface area contributed by atoms with Crippen LogP contribution in [0.15, 0.2) is 0 Å². The van der Waals surface area contributed by atoms with Crippen molar-refractivity contribution >= 4 is 22.4 Å². The van der Waals surface area contributed by atoms with Crippen LogP contribution in [0, 0.1) is 0 Å². The normalized spacial score (nSPS) is 10.5. The van der Waals surface area contributed by atoms with Gasteiger partial charge in [-0.15, -0.1) is 10.2 Å². The zero-order chi connectivity index (χ0) is 14.1. The fraction of sp³-hybridized carbons (Fsp3) is 0.750. The second-order valence-electron chi connectivity index (χ2n) is 4.35. The van der Waals surface area contributed by atoms with Gasteiger partial charge in [0, 0.05) is 26.7 Å².